The first-order chi connectivity index (χ1) is 13.1. The number of carbonyl (C=O) groups excluding carboxylic acids is 1. The molecule has 3 rings (SSSR count). The lowest BCUT2D eigenvalue weighted by Gasteiger charge is -2.20. The number of amides is 1. The van der Waals surface area contributed by atoms with Gasteiger partial charge in [-0.15, -0.1) is 0 Å². The van der Waals surface area contributed by atoms with Crippen molar-refractivity contribution in [3.63, 3.8) is 0 Å². The van der Waals surface area contributed by atoms with Crippen LogP contribution in [0, 0.1) is 21.4 Å². The van der Waals surface area contributed by atoms with E-state index in [0.717, 1.165) is 0 Å². The number of hydrogen-bond donors (Lipinski definition) is 0. The van der Waals surface area contributed by atoms with Gasteiger partial charge < -0.3 is 9.32 Å². The molecule has 0 atom stereocenters. The van der Waals surface area contributed by atoms with Crippen LogP contribution in [0.4, 0.5) is 5.69 Å². The zero-order chi connectivity index (χ0) is 19.2. The van der Waals surface area contributed by atoms with E-state index in [1.54, 1.807) is 12.1 Å². The Morgan fingerprint density at radius 1 is 1.41 bits per heavy atom. The van der Waals surface area contributed by atoms with E-state index in [2.05, 4.69) is 10.1 Å². The molecule has 0 saturated heterocycles. The van der Waals surface area contributed by atoms with Crippen molar-refractivity contribution < 1.29 is 14.1 Å². The fourth-order valence-corrected chi connectivity index (χ4v) is 2.54. The lowest BCUT2D eigenvalue weighted by atomic mass is 10.1. The second kappa shape index (κ2) is 7.92. The van der Waals surface area contributed by atoms with E-state index in [1.807, 2.05) is 6.07 Å². The molecular weight excluding hydrogens is 352 g/mol. The Morgan fingerprint density at radius 2 is 2.26 bits per heavy atom. The highest BCUT2D eigenvalue weighted by Crippen LogP contribution is 2.24. The SMILES string of the molecule is N#CCCN(Cc1ccco1)C(=O)c1ccc(-n2cncn2)c([N+](=O)[O-])c1. The number of benzene rings is 1. The number of nitro benzene ring substituents is 1. The van der Waals surface area contributed by atoms with Crippen LogP contribution in [0.15, 0.2) is 53.7 Å². The molecule has 0 bridgehead atoms. The minimum absolute atomic E-state index is 0.131. The molecule has 3 aromatic rings. The summed E-state index contributed by atoms with van der Waals surface area (Å²) < 4.78 is 6.51. The maximum atomic E-state index is 12.9. The van der Waals surface area contributed by atoms with E-state index in [1.165, 1.54) is 46.7 Å². The van der Waals surface area contributed by atoms with E-state index in [4.69, 9.17) is 9.68 Å². The van der Waals surface area contributed by atoms with Gasteiger partial charge in [0, 0.05) is 18.2 Å². The van der Waals surface area contributed by atoms with Gasteiger partial charge >= 0.3 is 0 Å². The van der Waals surface area contributed by atoms with Crippen molar-refractivity contribution in [2.24, 2.45) is 0 Å². The molecule has 27 heavy (non-hydrogen) atoms. The number of nitro groups is 1. The first-order valence-corrected chi connectivity index (χ1v) is 7.92. The van der Waals surface area contributed by atoms with Gasteiger partial charge in [-0.3, -0.25) is 14.9 Å². The van der Waals surface area contributed by atoms with Gasteiger partial charge in [-0.1, -0.05) is 0 Å². The zero-order valence-corrected chi connectivity index (χ0v) is 14.1. The number of furan rings is 1. The van der Waals surface area contributed by atoms with Crippen LogP contribution in [0.3, 0.4) is 0 Å². The van der Waals surface area contributed by atoms with Gasteiger partial charge in [0.2, 0.25) is 0 Å². The second-order valence-electron chi connectivity index (χ2n) is 5.51. The molecule has 0 saturated carbocycles. The molecular formula is C17H14N6O4. The number of carbonyl (C=O) groups is 1. The molecule has 0 N–H and O–H groups in total. The summed E-state index contributed by atoms with van der Waals surface area (Å²) in [6.45, 7) is 0.334. The largest absolute Gasteiger partial charge is 0.467 e. The van der Waals surface area contributed by atoms with Gasteiger partial charge in [0.1, 0.15) is 24.1 Å². The van der Waals surface area contributed by atoms with Gasteiger partial charge in [-0.25, -0.2) is 9.67 Å². The van der Waals surface area contributed by atoms with Gasteiger partial charge in [0.25, 0.3) is 11.6 Å². The van der Waals surface area contributed by atoms with Crippen LogP contribution in [0.1, 0.15) is 22.5 Å². The molecule has 10 nitrogen and oxygen atoms in total. The number of aromatic nitrogens is 3. The highest BCUT2D eigenvalue weighted by Gasteiger charge is 2.23. The summed E-state index contributed by atoms with van der Waals surface area (Å²) in [6, 6.07) is 9.51. The maximum Gasteiger partial charge on any atom is 0.295 e. The van der Waals surface area contributed by atoms with Crippen molar-refractivity contribution in [3.05, 3.63) is 70.7 Å². The zero-order valence-electron chi connectivity index (χ0n) is 14.1. The fraction of sp³-hybridized carbons (Fsp3) is 0.176. The second-order valence-corrected chi connectivity index (χ2v) is 5.51. The predicted octanol–water partition coefficient (Wildman–Crippen LogP) is 2.32. The normalized spacial score (nSPS) is 10.3. The monoisotopic (exact) mass is 366 g/mol. The third-order valence-electron chi connectivity index (χ3n) is 3.79. The average Bonchev–Trinajstić information content (AvgIpc) is 3.38. The van der Waals surface area contributed by atoms with Crippen LogP contribution in [-0.4, -0.2) is 37.0 Å². The van der Waals surface area contributed by atoms with Gasteiger partial charge in [0.15, 0.2) is 0 Å². The Hall–Kier alpha value is -4.00. The van der Waals surface area contributed by atoms with Crippen molar-refractivity contribution in [2.75, 3.05) is 6.54 Å². The minimum atomic E-state index is -0.583. The van der Waals surface area contributed by atoms with Crippen LogP contribution >= 0.6 is 0 Å². The molecule has 2 heterocycles. The van der Waals surface area contributed by atoms with Crippen LogP contribution in [-0.2, 0) is 6.54 Å². The highest BCUT2D eigenvalue weighted by molar-refractivity contribution is 5.95. The van der Waals surface area contributed by atoms with E-state index in [0.29, 0.717) is 5.76 Å². The fourth-order valence-electron chi connectivity index (χ4n) is 2.54. The molecule has 0 radical (unpaired) electrons. The molecule has 10 heteroatoms. The van der Waals surface area contributed by atoms with Crippen molar-refractivity contribution in [1.82, 2.24) is 19.7 Å². The molecule has 136 valence electrons. The lowest BCUT2D eigenvalue weighted by molar-refractivity contribution is -0.384. The van der Waals surface area contributed by atoms with Gasteiger partial charge in [-0.05, 0) is 24.3 Å². The predicted molar refractivity (Wildman–Crippen MR) is 91.7 cm³/mol. The van der Waals surface area contributed by atoms with Crippen LogP contribution in [0.5, 0.6) is 0 Å². The first-order valence-electron chi connectivity index (χ1n) is 7.92. The summed E-state index contributed by atoms with van der Waals surface area (Å²) >= 11 is 0. The summed E-state index contributed by atoms with van der Waals surface area (Å²) in [5.74, 6) is 0.116. The number of hydrogen-bond acceptors (Lipinski definition) is 7. The summed E-state index contributed by atoms with van der Waals surface area (Å²) in [6.07, 6.45) is 4.21. The van der Waals surface area contributed by atoms with Crippen molar-refractivity contribution in [1.29, 1.82) is 5.26 Å². The molecule has 0 aliphatic heterocycles. The van der Waals surface area contributed by atoms with Crippen LogP contribution in [0.2, 0.25) is 0 Å². The first kappa shape index (κ1) is 17.8. The average molecular weight is 366 g/mol. The van der Waals surface area contributed by atoms with Gasteiger partial charge in [0.05, 0.1) is 30.2 Å². The molecule has 0 aliphatic carbocycles. The molecule has 1 amide bonds. The maximum absolute atomic E-state index is 12.9. The van der Waals surface area contributed by atoms with Crippen LogP contribution in [0.25, 0.3) is 5.69 Å². The lowest BCUT2D eigenvalue weighted by Crippen LogP contribution is -2.31. The molecule has 0 spiro atoms. The number of nitrogens with zero attached hydrogens (tertiary/aromatic N) is 6. The topological polar surface area (TPSA) is 131 Å². The summed E-state index contributed by atoms with van der Waals surface area (Å²) in [5.41, 5.74) is 0.0586. The Bertz CT molecular complexity index is 976. The Balaban J connectivity index is 1.92. The highest BCUT2D eigenvalue weighted by atomic mass is 16.6. The molecule has 0 unspecified atom stereocenters. The van der Waals surface area contributed by atoms with E-state index < -0.39 is 10.8 Å². The Kier molecular flexibility index (Phi) is 5.22. The van der Waals surface area contributed by atoms with Crippen molar-refractivity contribution >= 4 is 11.6 Å². The summed E-state index contributed by atoms with van der Waals surface area (Å²) in [4.78, 5) is 28.9. The molecule has 1 aromatic carbocycles. The smallest absolute Gasteiger partial charge is 0.295 e. The number of nitriles is 1. The van der Waals surface area contributed by atoms with E-state index in [9.17, 15) is 14.9 Å². The standard InChI is InChI=1S/C17H14N6O4/c18-6-2-7-21(10-14-3-1-8-27-14)17(24)13-4-5-15(16(9-13)23(25)26)22-12-19-11-20-22/h1,3-5,8-9,11-12H,2,7,10H2. The number of rotatable bonds is 7. The van der Waals surface area contributed by atoms with Crippen LogP contribution < -0.4 is 0 Å². The minimum Gasteiger partial charge on any atom is -0.467 e. The molecule has 0 aliphatic rings. The third kappa shape index (κ3) is 3.98. The van der Waals surface area contributed by atoms with E-state index in [-0.39, 0.29) is 36.4 Å². The molecule has 0 fully saturated rings. The quantitative estimate of drug-likeness (QED) is 0.463. The van der Waals surface area contributed by atoms with Crippen molar-refractivity contribution in [3.8, 4) is 11.8 Å². The Labute approximate surface area is 153 Å². The Morgan fingerprint density at radius 3 is 2.89 bits per heavy atom. The van der Waals surface area contributed by atoms with Gasteiger partial charge in [-0.2, -0.15) is 10.4 Å². The van der Waals surface area contributed by atoms with E-state index >= 15 is 0 Å². The third-order valence-corrected chi connectivity index (χ3v) is 3.79. The summed E-state index contributed by atoms with van der Waals surface area (Å²) in [7, 11) is 0. The summed E-state index contributed by atoms with van der Waals surface area (Å²) in [5, 5.41) is 24.2. The molecule has 2 aromatic heterocycles. The van der Waals surface area contributed by atoms with Crippen molar-refractivity contribution in [2.45, 2.75) is 13.0 Å².